The number of ether oxygens (including phenoxy) is 17. The van der Waals surface area contributed by atoms with Gasteiger partial charge in [-0.15, -0.1) is 10.2 Å². The van der Waals surface area contributed by atoms with Crippen LogP contribution in [0.4, 0.5) is 0 Å². The number of ketones is 2. The highest BCUT2D eigenvalue weighted by Gasteiger charge is 2.57. The van der Waals surface area contributed by atoms with Gasteiger partial charge in [0.1, 0.15) is 134 Å². The normalized spacial score (nSPS) is 33.0. The van der Waals surface area contributed by atoms with Crippen LogP contribution in [0, 0.1) is 35.5 Å². The first-order valence-electron chi connectivity index (χ1n) is 49.5. The van der Waals surface area contributed by atoms with Crippen LogP contribution in [0.3, 0.4) is 0 Å². The molecule has 30 atom stereocenters. The van der Waals surface area contributed by atoms with E-state index in [0.717, 1.165) is 64.2 Å². The molecule has 45 heteroatoms. The Kier molecular flexibility index (Phi) is 48.2. The Morgan fingerprint density at radius 1 is 0.445 bits per heavy atom. The van der Waals surface area contributed by atoms with Crippen LogP contribution in [-0.4, -0.2) is 419 Å². The highest BCUT2D eigenvalue weighted by atomic mass is 16.8. The number of aliphatic hydroxyl groups excluding tert-OH is 10. The molecule has 8 aliphatic rings. The Hall–Kier alpha value is -5.66. The number of nitrogens with one attached hydrogen (secondary N) is 2. The SMILES string of the molecule is CCC1CC(C(=O)CCCOCCN)C[C@@H](O[C@@H]2O[C@@H](CO)[C@H](O)C(O[C@@H](CC3CCCCC3)C(=O)N(C)C)C2NC(=O)Cn2cc(COCCOCCOCCOCCOCc3cn(CC(=O)NC4C(O[C@@H](CC5CCCCC5)C(=O)N(C)C)[C@@H](O)[C@H](CO)O[C@H]4O[C@@H]4CC(C(=O)CCCOCCN)CC(CC)[C@H]4O[C@@H]4OC(C)[C@@H](O)[C@H](O)C4O)nn3)nn2)[C@@H]1O[C@@H]1OC(C)[C@@H](O)[C@H](O)C1O. The highest BCUT2D eigenvalue weighted by Crippen LogP contribution is 2.44. The van der Waals surface area contributed by atoms with Crippen molar-refractivity contribution < 1.29 is 160 Å². The minimum Gasteiger partial charge on any atom is -0.394 e. The van der Waals surface area contributed by atoms with Crippen molar-refractivity contribution in [3.05, 3.63) is 23.8 Å². The van der Waals surface area contributed by atoms with Crippen LogP contribution >= 0.6 is 0 Å². The summed E-state index contributed by atoms with van der Waals surface area (Å²) in [5, 5.41) is 135. The molecule has 4 saturated heterocycles. The van der Waals surface area contributed by atoms with Crippen molar-refractivity contribution in [3.63, 3.8) is 0 Å². The first-order valence-corrected chi connectivity index (χ1v) is 49.5. The second-order valence-corrected chi connectivity index (χ2v) is 38.0. The van der Waals surface area contributed by atoms with Crippen molar-refractivity contribution in [1.82, 2.24) is 50.4 Å². The first-order chi connectivity index (χ1) is 66.0. The summed E-state index contributed by atoms with van der Waals surface area (Å²) in [6.45, 7) is 8.04. The van der Waals surface area contributed by atoms with Gasteiger partial charge in [0.15, 0.2) is 25.2 Å². The van der Waals surface area contributed by atoms with Crippen molar-refractivity contribution in [2.75, 3.05) is 134 Å². The third-order valence-electron chi connectivity index (χ3n) is 27.3. The van der Waals surface area contributed by atoms with E-state index in [2.05, 4.69) is 31.3 Å². The summed E-state index contributed by atoms with van der Waals surface area (Å²) >= 11 is 0. The summed E-state index contributed by atoms with van der Waals surface area (Å²) < 4.78 is 108. The molecule has 10 rings (SSSR count). The van der Waals surface area contributed by atoms with Crippen LogP contribution in [0.15, 0.2) is 12.4 Å². The number of nitrogens with zero attached hydrogens (tertiary/aromatic N) is 8. The fourth-order valence-electron chi connectivity index (χ4n) is 19.7. The van der Waals surface area contributed by atoms with Crippen LogP contribution in [0.2, 0.25) is 0 Å². The van der Waals surface area contributed by atoms with Gasteiger partial charge in [0.25, 0.3) is 11.8 Å². The van der Waals surface area contributed by atoms with Crippen LogP contribution in [0.5, 0.6) is 0 Å². The molecule has 6 heterocycles. The Bertz CT molecular complexity index is 3600. The lowest BCUT2D eigenvalue weighted by Crippen LogP contribution is -2.67. The van der Waals surface area contributed by atoms with Crippen LogP contribution in [0.25, 0.3) is 0 Å². The van der Waals surface area contributed by atoms with Crippen LogP contribution < -0.4 is 22.1 Å². The average Bonchev–Trinajstić information content (AvgIpc) is 1.36. The maximum Gasteiger partial charge on any atom is 0.251 e. The van der Waals surface area contributed by atoms with E-state index in [-0.39, 0.29) is 127 Å². The molecule has 137 heavy (non-hydrogen) atoms. The van der Waals surface area contributed by atoms with Crippen molar-refractivity contribution in [2.24, 2.45) is 47.0 Å². The molecule has 784 valence electrons. The Morgan fingerprint density at radius 2 is 0.803 bits per heavy atom. The first kappa shape index (κ1) is 113. The number of hydrogen-bond acceptors (Lipinski definition) is 39. The number of aromatic nitrogens is 6. The van der Waals surface area contributed by atoms with Crippen LogP contribution in [-0.2, 0) is 136 Å². The van der Waals surface area contributed by atoms with Crippen molar-refractivity contribution in [3.8, 4) is 0 Å². The monoisotopic (exact) mass is 1960 g/mol. The van der Waals surface area contributed by atoms with E-state index in [1.165, 1.54) is 45.4 Å². The molecule has 2 aromatic rings. The Morgan fingerprint density at radius 3 is 1.15 bits per heavy atom. The van der Waals surface area contributed by atoms with Gasteiger partial charge in [0.2, 0.25) is 11.8 Å². The van der Waals surface area contributed by atoms with E-state index in [9.17, 15) is 79.8 Å². The molecule has 4 aliphatic carbocycles. The molecule has 12 unspecified atom stereocenters. The van der Waals surface area contributed by atoms with Gasteiger partial charge < -0.3 is 163 Å². The number of nitrogens with two attached hydrogens (primary N) is 2. The van der Waals surface area contributed by atoms with Gasteiger partial charge in [-0.3, -0.25) is 28.8 Å². The van der Waals surface area contributed by atoms with Crippen molar-refractivity contribution in [2.45, 2.75) is 355 Å². The van der Waals surface area contributed by atoms with Crippen LogP contribution in [0.1, 0.15) is 180 Å². The van der Waals surface area contributed by atoms with Gasteiger partial charge in [-0.1, -0.05) is 101 Å². The molecule has 16 N–H and O–H groups in total. The number of likely N-dealkylation sites (N-methyl/N-ethyl adjacent to an activating group) is 2. The average molecular weight is 1960 g/mol. The number of rotatable bonds is 58. The van der Waals surface area contributed by atoms with E-state index >= 15 is 0 Å². The standard InChI is InChI=1S/C92H158N12O33/c1-9-57-41-59(63(107)23-17-27-121-29-25-93)43-65(83(57)136-91-81(117)79(115)75(111)53(3)128-91)132-89-73(85(77(113)69(49-105)134-89)130-67(87(119)101(5)6)39-55-19-13-11-14-20-55)95-71(109)47-103-45-61(97-99-103)51-126-37-35-124-33-31-123-32-34-125-36-38-127-52-62-46-104(100-98-62)48-72(110)96-74-86(131-68(88(120)102(7)8)40-56-21-15-12-16-22-56)78(114)70(50-106)135-90(74)133-66-44-60(64(108)24-18-28-122-30-26-94)42-58(10-2)84(66)137-92-82(118)80(116)76(112)54(4)129-92/h45-46,53-60,65-70,73-86,89-92,105-106,111-118H,9-44,47-52,93-94H2,1-8H3,(H,95,109)(H,96,110)/t53?,54?,57?,58?,59?,60?,65-,66-,67+,68+,69+,70+,73?,74?,75-,76-,77+,78+,79+,80+,81?,82?,83-,84-,85?,86?,89-,90-,91+,92+/m1/s1. The third kappa shape index (κ3) is 33.7. The predicted molar refractivity (Wildman–Crippen MR) is 482 cm³/mol. The Labute approximate surface area is 801 Å². The summed E-state index contributed by atoms with van der Waals surface area (Å²) in [4.78, 5) is 88.7. The number of carbonyl (C=O) groups is 6. The summed E-state index contributed by atoms with van der Waals surface area (Å²) in [5.74, 6) is -4.13. The second-order valence-electron chi connectivity index (χ2n) is 38.0. The lowest BCUT2D eigenvalue weighted by atomic mass is 9.74. The topological polar surface area (TPSA) is 606 Å². The van der Waals surface area contributed by atoms with E-state index in [4.69, 9.17) is 92.0 Å². The van der Waals surface area contributed by atoms with Gasteiger partial charge in [0.05, 0.1) is 142 Å². The molecule has 0 spiro atoms. The largest absolute Gasteiger partial charge is 0.394 e. The molecule has 4 amide bonds. The van der Waals surface area contributed by atoms with Gasteiger partial charge in [-0.25, -0.2) is 9.36 Å². The molecule has 0 radical (unpaired) electrons. The molecular formula is C92H158N12O33. The number of aliphatic hydroxyl groups is 10. The molecule has 2 aromatic heterocycles. The zero-order valence-electron chi connectivity index (χ0n) is 80.9. The Balaban J connectivity index is 0.697. The highest BCUT2D eigenvalue weighted by molar-refractivity contribution is 5.82. The van der Waals surface area contributed by atoms with Gasteiger partial charge in [-0.2, -0.15) is 0 Å². The van der Waals surface area contributed by atoms with Crippen molar-refractivity contribution >= 4 is 35.2 Å². The van der Waals surface area contributed by atoms with Gasteiger partial charge >= 0.3 is 0 Å². The lowest BCUT2D eigenvalue weighted by Gasteiger charge is -2.49. The summed E-state index contributed by atoms with van der Waals surface area (Å²) in [6.07, 6.45) is -17.1. The lowest BCUT2D eigenvalue weighted by molar-refractivity contribution is -0.338. The summed E-state index contributed by atoms with van der Waals surface area (Å²) in [5.41, 5.74) is 12.0. The molecule has 0 aromatic carbocycles. The maximum absolute atomic E-state index is 14.6. The zero-order valence-corrected chi connectivity index (χ0v) is 80.9. The molecule has 4 saturated carbocycles. The van der Waals surface area contributed by atoms with Gasteiger partial charge in [0, 0.05) is 79.2 Å². The molecule has 4 aliphatic heterocycles. The second kappa shape index (κ2) is 58.3. The third-order valence-corrected chi connectivity index (χ3v) is 27.3. The number of amides is 4. The number of Topliss-reactive ketones (excluding diaryl/α,β-unsaturated/α-hetero) is 2. The van der Waals surface area contributed by atoms with Gasteiger partial charge in [-0.05, 0) is 88.9 Å². The fraction of sp³-hybridized carbons (Fsp3) is 0.891. The molecule has 45 nitrogen and oxygen atoms in total. The fourth-order valence-corrected chi connectivity index (χ4v) is 19.7. The molecule has 0 bridgehead atoms. The minimum absolute atomic E-state index is 0.00803. The number of carbonyl (C=O) groups excluding carboxylic acids is 6. The van der Waals surface area contributed by atoms with E-state index < -0.39 is 221 Å². The maximum atomic E-state index is 14.6. The van der Waals surface area contributed by atoms with Crippen molar-refractivity contribution in [1.29, 1.82) is 0 Å². The molecule has 8 fully saturated rings. The smallest absolute Gasteiger partial charge is 0.251 e. The van der Waals surface area contributed by atoms with E-state index in [0.29, 0.717) is 102 Å². The summed E-state index contributed by atoms with van der Waals surface area (Å²) in [7, 11) is 6.38. The zero-order chi connectivity index (χ0) is 98.8. The minimum atomic E-state index is -1.70. The van der Waals surface area contributed by atoms with E-state index in [1.807, 2.05) is 13.8 Å². The predicted octanol–water partition coefficient (Wildman–Crippen LogP) is -1.88. The summed E-state index contributed by atoms with van der Waals surface area (Å²) in [6, 6.07) is -2.84. The van der Waals surface area contributed by atoms with E-state index in [1.54, 1.807) is 28.2 Å². The quantitative estimate of drug-likeness (QED) is 0.0322. The number of hydrogen-bond donors (Lipinski definition) is 14. The molecular weight excluding hydrogens is 1800 g/mol.